The number of primary amides is 1. The number of unbranched alkanes of at least 4 members (excludes halogenated alkanes) is 6. The molecule has 634 valence electrons. The number of phenols is 1. The Labute approximate surface area is 673 Å². The van der Waals surface area contributed by atoms with Gasteiger partial charge in [-0.3, -0.25) is 62.3 Å². The minimum Gasteiger partial charge on any atom is -0.508 e. The summed E-state index contributed by atoms with van der Waals surface area (Å²) < 4.78 is 0. The fourth-order valence-corrected chi connectivity index (χ4v) is 12.8. The lowest BCUT2D eigenvalue weighted by Gasteiger charge is -2.29. The summed E-state index contributed by atoms with van der Waals surface area (Å²) in [7, 11) is 0. The second kappa shape index (κ2) is 48.6. The average molecular weight is 1620 g/mol. The van der Waals surface area contributed by atoms with Crippen molar-refractivity contribution in [2.75, 3.05) is 26.3 Å². The molecule has 4 heterocycles. The molecule has 37 heteroatoms. The van der Waals surface area contributed by atoms with Crippen LogP contribution in [0.25, 0.3) is 10.9 Å². The van der Waals surface area contributed by atoms with Gasteiger partial charge >= 0.3 is 0 Å². The molecule has 0 saturated carbocycles. The second-order valence-corrected chi connectivity index (χ2v) is 29.6. The number of carbonyl (C=O) groups excluding carboxylic acids is 13. The van der Waals surface area contributed by atoms with Crippen molar-refractivity contribution in [1.82, 2.24) is 98.7 Å². The average Bonchev–Trinajstić information content (AvgIpc) is 1.36. The minimum atomic E-state index is -1.81. The number of para-hydroxylation sites is 1. The van der Waals surface area contributed by atoms with Crippen LogP contribution in [0, 0.1) is 17.8 Å². The summed E-state index contributed by atoms with van der Waals surface area (Å²) in [5, 5.41) is 63.9. The number of rotatable bonds is 53. The van der Waals surface area contributed by atoms with Crippen molar-refractivity contribution < 1.29 is 77.6 Å². The van der Waals surface area contributed by atoms with Gasteiger partial charge in [0.1, 0.15) is 72.2 Å². The Morgan fingerprint density at radius 1 is 0.440 bits per heavy atom. The first-order chi connectivity index (χ1) is 55.6. The number of fused-ring (bicyclic) bond motifs is 1. The number of nitrogens with two attached hydrogens (primary N) is 2. The first-order valence-electron chi connectivity index (χ1n) is 39.6. The van der Waals surface area contributed by atoms with Crippen LogP contribution >= 0.6 is 0 Å². The number of nitrogens with one attached hydrogen (secondary N) is 16. The van der Waals surface area contributed by atoms with Crippen molar-refractivity contribution in [2.24, 2.45) is 29.2 Å². The van der Waals surface area contributed by atoms with Crippen molar-refractivity contribution >= 4 is 87.7 Å². The third-order valence-electron chi connectivity index (χ3n) is 20.0. The van der Waals surface area contributed by atoms with Gasteiger partial charge in [0.25, 0.3) is 0 Å². The molecule has 0 aliphatic carbocycles. The number of imidazole rings is 3. The lowest BCUT2D eigenvalue weighted by molar-refractivity contribution is -0.137. The Hall–Kier alpha value is -11.6. The molecule has 0 spiro atoms. The number of aliphatic hydroxyl groups excluding tert-OH is 2. The molecule has 0 radical (unpaired) electrons. The van der Waals surface area contributed by atoms with Crippen LogP contribution in [0.3, 0.4) is 0 Å². The monoisotopic (exact) mass is 1620 g/mol. The van der Waals surface area contributed by atoms with Gasteiger partial charge in [0.15, 0.2) is 0 Å². The van der Waals surface area contributed by atoms with E-state index >= 15 is 0 Å². The van der Waals surface area contributed by atoms with E-state index in [9.17, 15) is 77.6 Å². The van der Waals surface area contributed by atoms with Crippen LogP contribution in [0.1, 0.15) is 160 Å². The number of carbonyl (C=O) groups is 13. The van der Waals surface area contributed by atoms with Crippen LogP contribution in [0.2, 0.25) is 0 Å². The van der Waals surface area contributed by atoms with Gasteiger partial charge in [-0.25, -0.2) is 15.0 Å². The maximum absolute atomic E-state index is 14.9. The molecule has 4 aromatic heterocycles. The third-order valence-corrected chi connectivity index (χ3v) is 20.0. The Balaban J connectivity index is 1.18. The molecule has 2 aromatic carbocycles. The first kappa shape index (κ1) is 93.3. The largest absolute Gasteiger partial charge is 0.508 e. The molecule has 13 atom stereocenters. The van der Waals surface area contributed by atoms with Crippen LogP contribution in [-0.2, 0) is 94.4 Å². The van der Waals surface area contributed by atoms with Gasteiger partial charge in [-0.05, 0) is 85.7 Å². The van der Waals surface area contributed by atoms with Crippen LogP contribution in [0.4, 0.5) is 0 Å². The van der Waals surface area contributed by atoms with Gasteiger partial charge in [-0.2, -0.15) is 0 Å². The Morgan fingerprint density at radius 2 is 0.888 bits per heavy atom. The summed E-state index contributed by atoms with van der Waals surface area (Å²) in [6.07, 6.45) is 16.3. The topological polar surface area (TPSA) is 581 Å². The maximum Gasteiger partial charge on any atom is 0.245 e. The molecule has 6 rings (SSSR count). The van der Waals surface area contributed by atoms with Gasteiger partial charge < -0.3 is 111 Å². The van der Waals surface area contributed by atoms with Gasteiger partial charge in [0.2, 0.25) is 76.8 Å². The van der Waals surface area contributed by atoms with E-state index in [0.717, 1.165) is 43.0 Å². The molecule has 0 saturated heterocycles. The molecular formula is C79H117N21O16. The Morgan fingerprint density at radius 3 is 1.40 bits per heavy atom. The lowest BCUT2D eigenvalue weighted by Crippen LogP contribution is -2.62. The molecule has 0 aliphatic heterocycles. The summed E-state index contributed by atoms with van der Waals surface area (Å²) in [6.45, 7) is 10.1. The summed E-state index contributed by atoms with van der Waals surface area (Å²) in [5.74, 6) is -12.6. The maximum atomic E-state index is 14.9. The molecular weight excluding hydrogens is 1500 g/mol. The molecule has 1 unspecified atom stereocenters. The Kier molecular flexibility index (Phi) is 39.1. The molecule has 0 aliphatic rings. The summed E-state index contributed by atoms with van der Waals surface area (Å²) in [4.78, 5) is 208. The van der Waals surface area contributed by atoms with Gasteiger partial charge in [0, 0.05) is 91.3 Å². The van der Waals surface area contributed by atoms with Crippen molar-refractivity contribution in [1.29, 1.82) is 0 Å². The van der Waals surface area contributed by atoms with Crippen LogP contribution < -0.4 is 75.3 Å². The van der Waals surface area contributed by atoms with Crippen LogP contribution in [0.5, 0.6) is 5.75 Å². The fraction of sp³-hybridized carbons (Fsp3) is 0.544. The predicted molar refractivity (Wildman–Crippen MR) is 428 cm³/mol. The first-order valence-corrected chi connectivity index (χ1v) is 39.6. The van der Waals surface area contributed by atoms with Crippen molar-refractivity contribution in [3.63, 3.8) is 0 Å². The van der Waals surface area contributed by atoms with Crippen molar-refractivity contribution in [2.45, 2.75) is 231 Å². The summed E-state index contributed by atoms with van der Waals surface area (Å²) in [6, 6.07) is -3.10. The smallest absolute Gasteiger partial charge is 0.245 e. The van der Waals surface area contributed by atoms with Gasteiger partial charge in [-0.1, -0.05) is 124 Å². The summed E-state index contributed by atoms with van der Waals surface area (Å²) in [5.41, 5.74) is 14.4. The number of benzene rings is 2. The van der Waals surface area contributed by atoms with Crippen LogP contribution in [0.15, 0.2) is 92.3 Å². The number of phenolic OH excluding ortho intramolecular Hbond substituents is 1. The highest BCUT2D eigenvalue weighted by Crippen LogP contribution is 2.21. The van der Waals surface area contributed by atoms with Crippen molar-refractivity contribution in [3.05, 3.63) is 121 Å². The standard InChI is InChI=1S/C79H117N21O16/c1-8-11-12-13-14-15-23-65(104)99-67(46(6)9-2)78(115)95-60(31-49-35-85-55-21-17-16-20-54(49)55)70(107)86-39-66(105)90-56(22-18-19-28-80)71(108)97-63(40-101)77(114)93-59(30-48-24-26-53(103)27-25-48)73(110)94-62(34-52-38-84-44-89-52)75(112)100-68(47(7)10-3)79(116)96-61(33-51-37-83-43-88-51)74(111)98-64(41-102)76(113)92-58(29-45(4)5)72(109)91-57(69(81)106)32-50-36-82-42-87-50/h16-17,20-21,24-27,35-38,42-47,56-64,67-68,85,101-103H,8-15,18-19,22-23,28-34,39-41,80H2,1-7H3,(H2,81,106)(H,82,87)(H,83,88)(H,84,89)(H,86,107)(H,90,105)(H,91,109)(H,92,113)(H,93,114)(H,94,110)(H,95,115)(H,96,116)(H,97,108)(H,98,111)(H,99,104)(H,100,112)/t46?,47-,56+,57+,58+,59+,60+,61+,62+,63+,64+,67+,68+/m1/s1. The van der Waals surface area contributed by atoms with E-state index < -0.39 is 163 Å². The molecule has 6 aromatic rings. The summed E-state index contributed by atoms with van der Waals surface area (Å²) >= 11 is 0. The van der Waals surface area contributed by atoms with E-state index in [1.165, 1.54) is 61.8 Å². The quantitative estimate of drug-likeness (QED) is 0.0214. The highest BCUT2D eigenvalue weighted by atomic mass is 16.3. The number of aromatic hydroxyl groups is 1. The number of nitrogens with zero attached hydrogens (tertiary/aromatic N) is 3. The highest BCUT2D eigenvalue weighted by Gasteiger charge is 2.39. The van der Waals surface area contributed by atoms with E-state index in [-0.39, 0.29) is 94.2 Å². The number of aromatic nitrogens is 7. The molecule has 0 fully saturated rings. The number of hydrogen-bond acceptors (Lipinski definition) is 20. The van der Waals surface area contributed by atoms with Gasteiger partial charge in [-0.15, -0.1) is 0 Å². The molecule has 0 bridgehead atoms. The predicted octanol–water partition coefficient (Wildman–Crippen LogP) is -0.507. The van der Waals surface area contributed by atoms with E-state index in [0.29, 0.717) is 47.5 Å². The number of hydrogen-bond donors (Lipinski definition) is 21. The molecule has 13 amide bonds. The molecule has 23 N–H and O–H groups in total. The number of aliphatic hydroxyl groups is 2. The van der Waals surface area contributed by atoms with E-state index in [1.54, 1.807) is 33.9 Å². The van der Waals surface area contributed by atoms with Gasteiger partial charge in [0.05, 0.1) is 38.7 Å². The fourth-order valence-electron chi connectivity index (χ4n) is 12.8. The van der Waals surface area contributed by atoms with E-state index in [2.05, 4.69) is 106 Å². The number of aromatic amines is 4. The second-order valence-electron chi connectivity index (χ2n) is 29.6. The molecule has 116 heavy (non-hydrogen) atoms. The lowest BCUT2D eigenvalue weighted by atomic mass is 9.96. The zero-order valence-corrected chi connectivity index (χ0v) is 66.9. The van der Waals surface area contributed by atoms with E-state index in [4.69, 9.17) is 11.5 Å². The number of amides is 13. The number of H-pyrrole nitrogens is 4. The van der Waals surface area contributed by atoms with Crippen LogP contribution in [-0.4, -0.2) is 220 Å². The zero-order valence-electron chi connectivity index (χ0n) is 66.9. The highest BCUT2D eigenvalue weighted by molar-refractivity contribution is 6.00. The van der Waals surface area contributed by atoms with E-state index in [1.807, 2.05) is 38.1 Å². The zero-order chi connectivity index (χ0) is 84.8. The normalized spacial score (nSPS) is 14.7. The van der Waals surface area contributed by atoms with Crippen molar-refractivity contribution in [3.8, 4) is 5.75 Å². The minimum absolute atomic E-state index is 0.0387. The Bertz CT molecular complexity index is 4120. The SMILES string of the molecule is CCCCCCCCC(=O)N[C@H](C(=O)N[C@@H](Cc1c[nH]c2ccccc12)C(=O)NCC(=O)N[C@@H](CCCCN)C(=O)N[C@@H](CO)C(=O)N[C@@H](Cc1ccc(O)cc1)C(=O)N[C@@H](Cc1cnc[nH]1)C(=O)N[C@H](C(=O)N[C@@H](Cc1cnc[nH]1)C(=O)N[C@@H](CO)C(=O)N[C@@H](CC(C)C)C(=O)N[C@@H](Cc1cnc[nH]1)C(N)=O)[C@H](C)CC)C(C)CC. The molecule has 37 nitrogen and oxygen atoms in total. The third kappa shape index (κ3) is 30.6.